The fourth-order valence-corrected chi connectivity index (χ4v) is 3.22. The maximum Gasteiger partial charge on any atom is 0.342 e. The van der Waals surface area contributed by atoms with Crippen LogP contribution < -0.4 is 21.8 Å². The van der Waals surface area contributed by atoms with Crippen molar-refractivity contribution in [3.05, 3.63) is 121 Å². The van der Waals surface area contributed by atoms with Crippen LogP contribution in [-0.2, 0) is 18.4 Å². The number of hydrogen-bond acceptors (Lipinski definition) is 6. The number of nitrogens with one attached hydrogen (secondary N) is 1. The summed E-state index contributed by atoms with van der Waals surface area (Å²) in [6.07, 6.45) is 0. The number of hydrogen-bond donors (Lipinski definition) is 1. The zero-order valence-electron chi connectivity index (χ0n) is 18.5. The minimum Gasteiger partial charge on any atom is -0.457 e. The van der Waals surface area contributed by atoms with Gasteiger partial charge in [0.05, 0.1) is 5.69 Å². The summed E-state index contributed by atoms with van der Waals surface area (Å²) in [4.78, 5) is 51.7. The van der Waals surface area contributed by atoms with Crippen LogP contribution >= 0.6 is 0 Å². The molecule has 1 N–H and O–H groups in total. The lowest BCUT2D eigenvalue weighted by molar-refractivity contribution is 0.0470. The van der Waals surface area contributed by atoms with E-state index in [0.717, 1.165) is 20.3 Å². The van der Waals surface area contributed by atoms with Crippen molar-refractivity contribution in [2.75, 3.05) is 0 Å². The molecule has 0 spiro atoms. The van der Waals surface area contributed by atoms with Crippen LogP contribution in [0.25, 0.3) is 5.69 Å². The predicted octanol–water partition coefficient (Wildman–Crippen LogP) is 2.68. The van der Waals surface area contributed by atoms with Gasteiger partial charge in [0, 0.05) is 7.05 Å². The summed E-state index contributed by atoms with van der Waals surface area (Å²) < 4.78 is 12.9. The highest BCUT2D eigenvalue weighted by Gasteiger charge is 2.19. The van der Waals surface area contributed by atoms with Gasteiger partial charge in [-0.2, -0.15) is 0 Å². The average Bonchev–Trinajstić information content (AvgIpc) is 2.84. The Morgan fingerprint density at radius 3 is 2.32 bits per heavy atom. The molecule has 1 aromatic heterocycles. The third-order valence-corrected chi connectivity index (χ3v) is 5.10. The molecule has 0 fully saturated rings. The SMILES string of the molecule is Cc1ccc(Oc2ccc(-n3c(=O)[nH]c(=O)n(C)c3=O)cc2C(=O)OCc2ccccc2)cc1. The van der Waals surface area contributed by atoms with Gasteiger partial charge in [-0.1, -0.05) is 48.0 Å². The zero-order valence-corrected chi connectivity index (χ0v) is 18.5. The highest BCUT2D eigenvalue weighted by Crippen LogP contribution is 2.28. The number of carbonyl (C=O) groups excluding carboxylic acids is 1. The maximum absolute atomic E-state index is 13.0. The van der Waals surface area contributed by atoms with Crippen LogP contribution in [-0.4, -0.2) is 20.1 Å². The second-order valence-electron chi connectivity index (χ2n) is 7.57. The lowest BCUT2D eigenvalue weighted by atomic mass is 10.1. The number of benzene rings is 3. The van der Waals surface area contributed by atoms with E-state index in [4.69, 9.17) is 9.47 Å². The predicted molar refractivity (Wildman–Crippen MR) is 125 cm³/mol. The third-order valence-electron chi connectivity index (χ3n) is 5.10. The summed E-state index contributed by atoms with van der Waals surface area (Å²) in [6.45, 7) is 1.96. The number of H-pyrrole nitrogens is 1. The lowest BCUT2D eigenvalue weighted by Gasteiger charge is -2.14. The molecule has 0 bridgehead atoms. The van der Waals surface area contributed by atoms with Crippen LogP contribution in [0.1, 0.15) is 21.5 Å². The molecule has 4 rings (SSSR count). The Hall–Kier alpha value is -4.66. The highest BCUT2D eigenvalue weighted by atomic mass is 16.5. The molecule has 0 aliphatic rings. The van der Waals surface area contributed by atoms with Crippen LogP contribution in [0.15, 0.2) is 87.2 Å². The molecule has 9 nitrogen and oxygen atoms in total. The summed E-state index contributed by atoms with van der Waals surface area (Å²) in [6, 6.07) is 20.6. The van der Waals surface area contributed by atoms with E-state index in [1.807, 2.05) is 49.4 Å². The van der Waals surface area contributed by atoms with E-state index < -0.39 is 23.0 Å². The largest absolute Gasteiger partial charge is 0.457 e. The Labute approximate surface area is 193 Å². The molecule has 0 aliphatic carbocycles. The van der Waals surface area contributed by atoms with Gasteiger partial charge in [0.25, 0.3) is 0 Å². The van der Waals surface area contributed by atoms with Gasteiger partial charge < -0.3 is 9.47 Å². The molecule has 9 heteroatoms. The Kier molecular flexibility index (Phi) is 6.26. The zero-order chi connectivity index (χ0) is 24.2. The van der Waals surface area contributed by atoms with Crippen molar-refractivity contribution in [3.63, 3.8) is 0 Å². The van der Waals surface area contributed by atoms with Gasteiger partial charge in [-0.15, -0.1) is 0 Å². The van der Waals surface area contributed by atoms with E-state index in [9.17, 15) is 19.2 Å². The second-order valence-corrected chi connectivity index (χ2v) is 7.57. The van der Waals surface area contributed by atoms with Crippen LogP contribution in [0.2, 0.25) is 0 Å². The van der Waals surface area contributed by atoms with E-state index in [2.05, 4.69) is 4.98 Å². The lowest BCUT2D eigenvalue weighted by Crippen LogP contribution is -2.47. The van der Waals surface area contributed by atoms with Crippen LogP contribution in [0, 0.1) is 6.92 Å². The van der Waals surface area contributed by atoms with Gasteiger partial charge in [-0.3, -0.25) is 4.98 Å². The van der Waals surface area contributed by atoms with Gasteiger partial charge >= 0.3 is 23.0 Å². The molecular weight excluding hydrogens is 438 g/mol. The number of rotatable bonds is 6. The third kappa shape index (κ3) is 4.73. The number of esters is 1. The number of carbonyl (C=O) groups is 1. The molecule has 172 valence electrons. The minimum atomic E-state index is -0.927. The van der Waals surface area contributed by atoms with Crippen molar-refractivity contribution >= 4 is 5.97 Å². The van der Waals surface area contributed by atoms with Crippen LogP contribution in [0.5, 0.6) is 11.5 Å². The Morgan fingerprint density at radius 1 is 0.912 bits per heavy atom. The standard InChI is InChI=1S/C25H21N3O6/c1-16-8-11-19(12-9-16)34-21-13-10-18(28-24(31)26-23(30)27(2)25(28)32)14-20(21)22(29)33-15-17-6-4-3-5-7-17/h3-14H,15H2,1-2H3,(H,26,30,31). The van der Waals surface area contributed by atoms with Gasteiger partial charge in [-0.05, 0) is 42.8 Å². The first-order valence-corrected chi connectivity index (χ1v) is 10.4. The fraction of sp³-hybridized carbons (Fsp3) is 0.120. The highest BCUT2D eigenvalue weighted by molar-refractivity contribution is 5.93. The van der Waals surface area contributed by atoms with Crippen molar-refractivity contribution < 1.29 is 14.3 Å². The number of aromatic nitrogens is 3. The molecule has 0 atom stereocenters. The molecule has 1 heterocycles. The van der Waals surface area contributed by atoms with Crippen LogP contribution in [0.4, 0.5) is 0 Å². The fourth-order valence-electron chi connectivity index (χ4n) is 3.22. The summed E-state index contributed by atoms with van der Waals surface area (Å²) in [5, 5.41) is 0. The number of nitrogens with zero attached hydrogens (tertiary/aromatic N) is 2. The molecule has 34 heavy (non-hydrogen) atoms. The monoisotopic (exact) mass is 459 g/mol. The van der Waals surface area contributed by atoms with Crippen molar-refractivity contribution in [3.8, 4) is 17.2 Å². The molecule has 0 amide bonds. The molecular formula is C25H21N3O6. The summed E-state index contributed by atoms with van der Waals surface area (Å²) in [7, 11) is 1.24. The molecule has 4 aromatic rings. The van der Waals surface area contributed by atoms with Crippen molar-refractivity contribution in [2.45, 2.75) is 13.5 Å². The Balaban J connectivity index is 1.76. The van der Waals surface area contributed by atoms with Gasteiger partial charge in [0.2, 0.25) is 0 Å². The van der Waals surface area contributed by atoms with Gasteiger partial charge in [0.15, 0.2) is 0 Å². The molecule has 0 unspecified atom stereocenters. The second kappa shape index (κ2) is 9.45. The average molecular weight is 459 g/mol. The first kappa shape index (κ1) is 22.5. The molecule has 3 aromatic carbocycles. The minimum absolute atomic E-state index is 0.00848. The van der Waals surface area contributed by atoms with E-state index in [1.54, 1.807) is 12.1 Å². The van der Waals surface area contributed by atoms with Crippen LogP contribution in [0.3, 0.4) is 0 Å². The summed E-state index contributed by atoms with van der Waals surface area (Å²) in [5.74, 6) is -0.0327. The number of ether oxygens (including phenoxy) is 2. The van der Waals surface area contributed by atoms with Crippen molar-refractivity contribution in [1.82, 2.24) is 14.1 Å². The molecule has 0 saturated heterocycles. The summed E-state index contributed by atoms with van der Waals surface area (Å²) >= 11 is 0. The van der Waals surface area contributed by atoms with E-state index in [0.29, 0.717) is 5.75 Å². The first-order chi connectivity index (χ1) is 16.3. The first-order valence-electron chi connectivity index (χ1n) is 10.4. The van der Waals surface area contributed by atoms with E-state index in [1.165, 1.54) is 25.2 Å². The molecule has 0 radical (unpaired) electrons. The summed E-state index contributed by atoms with van der Waals surface area (Å²) in [5.41, 5.74) is -0.710. The quantitative estimate of drug-likeness (QED) is 0.444. The van der Waals surface area contributed by atoms with E-state index >= 15 is 0 Å². The molecule has 0 saturated carbocycles. The van der Waals surface area contributed by atoms with Gasteiger partial charge in [0.1, 0.15) is 23.7 Å². The van der Waals surface area contributed by atoms with Crippen molar-refractivity contribution in [1.29, 1.82) is 0 Å². The Bertz CT molecular complexity index is 1520. The topological polar surface area (TPSA) is 112 Å². The maximum atomic E-state index is 13.0. The van der Waals surface area contributed by atoms with Crippen molar-refractivity contribution in [2.24, 2.45) is 7.05 Å². The normalized spacial score (nSPS) is 10.6. The smallest absolute Gasteiger partial charge is 0.342 e. The number of aryl methyl sites for hydroxylation is 1. The number of aromatic amines is 1. The molecule has 0 aliphatic heterocycles. The van der Waals surface area contributed by atoms with Gasteiger partial charge in [-0.25, -0.2) is 28.3 Å². The Morgan fingerprint density at radius 2 is 1.62 bits per heavy atom. The van der Waals surface area contributed by atoms with E-state index in [-0.39, 0.29) is 23.6 Å².